The standard InChI is InChI=1S/C15H14O5S/c1-18-13(16)10-11(14(17)19-2)15(21-3)20-12(10)9-7-5-4-6-8-9/h4-8H,1-3H3. The molecule has 21 heavy (non-hydrogen) atoms. The van der Waals surface area contributed by atoms with Crippen LogP contribution in [0.2, 0.25) is 0 Å². The first-order chi connectivity index (χ1) is 10.1. The van der Waals surface area contributed by atoms with E-state index in [2.05, 4.69) is 0 Å². The van der Waals surface area contributed by atoms with Gasteiger partial charge in [-0.1, -0.05) is 42.1 Å². The molecule has 0 amide bonds. The van der Waals surface area contributed by atoms with Crippen molar-refractivity contribution in [1.29, 1.82) is 0 Å². The fraction of sp³-hybridized carbons (Fsp3) is 0.200. The SMILES string of the molecule is COC(=O)c1c(SC)oc(-c2ccccc2)c1C(=O)OC. The average molecular weight is 306 g/mol. The minimum absolute atomic E-state index is 0.0832. The first-order valence-corrected chi connectivity index (χ1v) is 7.29. The quantitative estimate of drug-likeness (QED) is 0.638. The molecule has 0 saturated heterocycles. The number of methoxy groups -OCH3 is 2. The second-order valence-electron chi connectivity index (χ2n) is 4.02. The molecule has 2 rings (SSSR count). The second-order valence-corrected chi connectivity index (χ2v) is 4.80. The van der Waals surface area contributed by atoms with Crippen LogP contribution in [0, 0.1) is 0 Å². The predicted molar refractivity (Wildman–Crippen MR) is 78.6 cm³/mol. The van der Waals surface area contributed by atoms with E-state index in [-0.39, 0.29) is 11.1 Å². The van der Waals surface area contributed by atoms with E-state index in [1.54, 1.807) is 18.4 Å². The number of furan rings is 1. The highest BCUT2D eigenvalue weighted by Crippen LogP contribution is 2.36. The summed E-state index contributed by atoms with van der Waals surface area (Å²) in [6.45, 7) is 0. The van der Waals surface area contributed by atoms with Crippen molar-refractivity contribution in [2.75, 3.05) is 20.5 Å². The van der Waals surface area contributed by atoms with Gasteiger partial charge in [-0.3, -0.25) is 0 Å². The molecule has 0 aliphatic carbocycles. The topological polar surface area (TPSA) is 65.7 Å². The number of hydrogen-bond donors (Lipinski definition) is 0. The molecule has 2 aromatic rings. The average Bonchev–Trinajstić information content (AvgIpc) is 2.93. The smallest absolute Gasteiger partial charge is 0.343 e. The van der Waals surface area contributed by atoms with Gasteiger partial charge in [-0.05, 0) is 6.26 Å². The number of esters is 2. The molecule has 0 fully saturated rings. The monoisotopic (exact) mass is 306 g/mol. The fourth-order valence-electron chi connectivity index (χ4n) is 1.93. The molecule has 1 heterocycles. The summed E-state index contributed by atoms with van der Waals surface area (Å²) in [5.41, 5.74) is 0.860. The van der Waals surface area contributed by atoms with E-state index < -0.39 is 11.9 Å². The van der Waals surface area contributed by atoms with Crippen LogP contribution in [0.5, 0.6) is 0 Å². The predicted octanol–water partition coefficient (Wildman–Crippen LogP) is 3.24. The van der Waals surface area contributed by atoms with E-state index >= 15 is 0 Å². The summed E-state index contributed by atoms with van der Waals surface area (Å²) in [4.78, 5) is 24.1. The Labute approximate surface area is 126 Å². The molecule has 5 nitrogen and oxygen atoms in total. The van der Waals surface area contributed by atoms with Crippen LogP contribution in [0.1, 0.15) is 20.7 Å². The van der Waals surface area contributed by atoms with Gasteiger partial charge in [-0.25, -0.2) is 9.59 Å². The number of carbonyl (C=O) groups is 2. The highest BCUT2D eigenvalue weighted by molar-refractivity contribution is 7.98. The summed E-state index contributed by atoms with van der Waals surface area (Å²) in [7, 11) is 2.51. The van der Waals surface area contributed by atoms with Crippen LogP contribution in [0.3, 0.4) is 0 Å². The molecule has 0 aliphatic rings. The summed E-state index contributed by atoms with van der Waals surface area (Å²) in [5.74, 6) is -0.976. The number of rotatable bonds is 4. The number of carbonyl (C=O) groups excluding carboxylic acids is 2. The Morgan fingerprint density at radius 3 is 2.10 bits per heavy atom. The molecule has 0 N–H and O–H groups in total. The maximum atomic E-state index is 12.1. The van der Waals surface area contributed by atoms with Crippen LogP contribution in [0.4, 0.5) is 0 Å². The number of thioether (sulfide) groups is 1. The Morgan fingerprint density at radius 2 is 1.57 bits per heavy atom. The van der Waals surface area contributed by atoms with E-state index in [9.17, 15) is 9.59 Å². The molecule has 0 atom stereocenters. The summed E-state index contributed by atoms with van der Waals surface area (Å²) in [5, 5.41) is 0.320. The van der Waals surface area contributed by atoms with Gasteiger partial charge >= 0.3 is 11.9 Å². The van der Waals surface area contributed by atoms with Crippen LogP contribution in [0.15, 0.2) is 39.8 Å². The zero-order valence-electron chi connectivity index (χ0n) is 11.8. The van der Waals surface area contributed by atoms with Crippen LogP contribution < -0.4 is 0 Å². The van der Waals surface area contributed by atoms with Gasteiger partial charge in [-0.15, -0.1) is 0 Å². The maximum Gasteiger partial charge on any atom is 0.343 e. The summed E-state index contributed by atoms with van der Waals surface area (Å²) >= 11 is 1.22. The molecule has 0 radical (unpaired) electrons. The lowest BCUT2D eigenvalue weighted by molar-refractivity contribution is 0.0554. The highest BCUT2D eigenvalue weighted by atomic mass is 32.2. The molecule has 1 aromatic heterocycles. The van der Waals surface area contributed by atoms with Gasteiger partial charge in [0.1, 0.15) is 11.1 Å². The van der Waals surface area contributed by atoms with Crippen molar-refractivity contribution in [3.05, 3.63) is 41.5 Å². The van der Waals surface area contributed by atoms with E-state index in [1.165, 1.54) is 26.0 Å². The lowest BCUT2D eigenvalue weighted by atomic mass is 10.1. The van der Waals surface area contributed by atoms with Crippen molar-refractivity contribution in [3.63, 3.8) is 0 Å². The molecular weight excluding hydrogens is 292 g/mol. The largest absolute Gasteiger partial charge is 0.465 e. The van der Waals surface area contributed by atoms with Gasteiger partial charge in [0, 0.05) is 5.56 Å². The first kappa shape index (κ1) is 15.2. The van der Waals surface area contributed by atoms with Crippen LogP contribution in [0.25, 0.3) is 11.3 Å². The van der Waals surface area contributed by atoms with Gasteiger partial charge in [0.25, 0.3) is 0 Å². The fourth-order valence-corrected chi connectivity index (χ4v) is 2.49. The highest BCUT2D eigenvalue weighted by Gasteiger charge is 2.31. The third-order valence-corrected chi connectivity index (χ3v) is 3.53. The van der Waals surface area contributed by atoms with Crippen LogP contribution in [-0.4, -0.2) is 32.4 Å². The van der Waals surface area contributed by atoms with Crippen molar-refractivity contribution in [1.82, 2.24) is 0 Å². The van der Waals surface area contributed by atoms with E-state index in [0.717, 1.165) is 0 Å². The van der Waals surface area contributed by atoms with E-state index in [1.807, 2.05) is 18.2 Å². The molecule has 0 aliphatic heterocycles. The lowest BCUT2D eigenvalue weighted by Crippen LogP contribution is -2.11. The molecular formula is C15H14O5S. The zero-order chi connectivity index (χ0) is 15.4. The van der Waals surface area contributed by atoms with Crippen molar-refractivity contribution in [2.24, 2.45) is 0 Å². The molecule has 6 heteroatoms. The minimum Gasteiger partial charge on any atom is -0.465 e. The number of ether oxygens (including phenoxy) is 2. The van der Waals surface area contributed by atoms with E-state index in [4.69, 9.17) is 13.9 Å². The van der Waals surface area contributed by atoms with Gasteiger partial charge in [0.2, 0.25) is 0 Å². The van der Waals surface area contributed by atoms with Crippen molar-refractivity contribution >= 4 is 23.7 Å². The number of hydrogen-bond acceptors (Lipinski definition) is 6. The molecule has 0 saturated carbocycles. The molecule has 0 spiro atoms. The van der Waals surface area contributed by atoms with Gasteiger partial charge < -0.3 is 13.9 Å². The first-order valence-electron chi connectivity index (χ1n) is 6.06. The lowest BCUT2D eigenvalue weighted by Gasteiger charge is -2.03. The normalized spacial score (nSPS) is 10.2. The summed E-state index contributed by atoms with van der Waals surface area (Å²) in [6, 6.07) is 9.05. The summed E-state index contributed by atoms with van der Waals surface area (Å²) in [6.07, 6.45) is 1.75. The van der Waals surface area contributed by atoms with Crippen molar-refractivity contribution in [3.8, 4) is 11.3 Å². The third kappa shape index (κ3) is 2.80. The Morgan fingerprint density at radius 1 is 1.00 bits per heavy atom. The zero-order valence-corrected chi connectivity index (χ0v) is 12.7. The summed E-state index contributed by atoms with van der Waals surface area (Å²) < 4.78 is 15.2. The van der Waals surface area contributed by atoms with Gasteiger partial charge in [0.15, 0.2) is 10.9 Å². The Bertz CT molecular complexity index is 660. The Balaban J connectivity index is 2.73. The minimum atomic E-state index is -0.640. The third-order valence-electron chi connectivity index (χ3n) is 2.88. The van der Waals surface area contributed by atoms with Gasteiger partial charge in [-0.2, -0.15) is 0 Å². The van der Waals surface area contributed by atoms with Crippen LogP contribution >= 0.6 is 11.8 Å². The molecule has 0 unspecified atom stereocenters. The van der Waals surface area contributed by atoms with Crippen molar-refractivity contribution < 1.29 is 23.5 Å². The molecule has 110 valence electrons. The maximum absolute atomic E-state index is 12.1. The van der Waals surface area contributed by atoms with E-state index in [0.29, 0.717) is 16.4 Å². The van der Waals surface area contributed by atoms with Gasteiger partial charge in [0.05, 0.1) is 14.2 Å². The van der Waals surface area contributed by atoms with Crippen LogP contribution in [-0.2, 0) is 9.47 Å². The second kappa shape index (κ2) is 6.49. The Hall–Kier alpha value is -2.21. The number of benzene rings is 1. The molecule has 1 aromatic carbocycles. The molecule has 0 bridgehead atoms. The van der Waals surface area contributed by atoms with Crippen molar-refractivity contribution in [2.45, 2.75) is 5.09 Å². The Kier molecular flexibility index (Phi) is 4.70.